The van der Waals surface area contributed by atoms with Crippen LogP contribution in [0.3, 0.4) is 0 Å². The Morgan fingerprint density at radius 1 is 1.24 bits per heavy atom. The van der Waals surface area contributed by atoms with Crippen LogP contribution in [0.25, 0.3) is 0 Å². The van der Waals surface area contributed by atoms with Gasteiger partial charge in [-0.25, -0.2) is 4.79 Å². The molecule has 0 aromatic heterocycles. The van der Waals surface area contributed by atoms with Crippen LogP contribution in [0.4, 0.5) is 0 Å². The maximum absolute atomic E-state index is 11.7. The predicted molar refractivity (Wildman–Crippen MR) is 82.7 cm³/mol. The summed E-state index contributed by atoms with van der Waals surface area (Å²) in [5.41, 5.74) is 0.486. The zero-order valence-electron chi connectivity index (χ0n) is 13.2. The maximum Gasteiger partial charge on any atom is 0.341 e. The van der Waals surface area contributed by atoms with Crippen LogP contribution in [0.15, 0.2) is 24.3 Å². The van der Waals surface area contributed by atoms with Gasteiger partial charge in [-0.15, -0.1) is 0 Å². The summed E-state index contributed by atoms with van der Waals surface area (Å²) in [5.74, 6) is 1.74. The van der Waals surface area contributed by atoms with Crippen LogP contribution in [0.2, 0.25) is 0 Å². The first kappa shape index (κ1) is 15.8. The molecule has 0 radical (unpaired) electrons. The second-order valence-electron chi connectivity index (χ2n) is 6.04. The Balaban J connectivity index is 1.87. The van der Waals surface area contributed by atoms with E-state index in [1.807, 2.05) is 18.2 Å². The quantitative estimate of drug-likeness (QED) is 0.782. The Kier molecular flexibility index (Phi) is 5.62. The molecule has 1 fully saturated rings. The van der Waals surface area contributed by atoms with Crippen LogP contribution < -0.4 is 4.74 Å². The van der Waals surface area contributed by atoms with E-state index in [1.54, 1.807) is 6.07 Å². The Hall–Kier alpha value is -1.55. The monoisotopic (exact) mass is 291 g/mol. The normalized spacial score (nSPS) is 22.8. The second kappa shape index (κ2) is 7.46. The lowest BCUT2D eigenvalue weighted by Gasteiger charge is -2.34. The lowest BCUT2D eigenvalue weighted by molar-refractivity contribution is 0.0594. The molecule has 4 heteroatoms. The van der Waals surface area contributed by atoms with Crippen LogP contribution in [0.5, 0.6) is 5.75 Å². The Bertz CT molecular complexity index is 465. The Labute approximate surface area is 127 Å². The van der Waals surface area contributed by atoms with Gasteiger partial charge in [0.1, 0.15) is 17.9 Å². The van der Waals surface area contributed by atoms with E-state index in [4.69, 9.17) is 9.47 Å². The number of hydrogen-bond acceptors (Lipinski definition) is 4. The first-order valence-corrected chi connectivity index (χ1v) is 7.62. The molecule has 2 atom stereocenters. The van der Waals surface area contributed by atoms with Crippen molar-refractivity contribution in [3.05, 3.63) is 29.8 Å². The molecule has 1 saturated heterocycles. The second-order valence-corrected chi connectivity index (χ2v) is 6.04. The fraction of sp³-hybridized carbons (Fsp3) is 0.588. The molecule has 1 aliphatic rings. The van der Waals surface area contributed by atoms with E-state index >= 15 is 0 Å². The summed E-state index contributed by atoms with van der Waals surface area (Å²) in [7, 11) is 1.38. The van der Waals surface area contributed by atoms with Gasteiger partial charge in [0.05, 0.1) is 7.11 Å². The highest BCUT2D eigenvalue weighted by molar-refractivity contribution is 5.92. The fourth-order valence-corrected chi connectivity index (χ4v) is 3.13. The van der Waals surface area contributed by atoms with Crippen molar-refractivity contribution in [1.29, 1.82) is 0 Å². The van der Waals surface area contributed by atoms with Gasteiger partial charge in [-0.1, -0.05) is 26.0 Å². The Morgan fingerprint density at radius 2 is 1.90 bits per heavy atom. The molecule has 116 valence electrons. The number of benzene rings is 1. The Morgan fingerprint density at radius 3 is 2.57 bits per heavy atom. The van der Waals surface area contributed by atoms with Gasteiger partial charge in [0, 0.05) is 19.6 Å². The van der Waals surface area contributed by atoms with Gasteiger partial charge >= 0.3 is 5.97 Å². The number of ether oxygens (including phenoxy) is 2. The molecule has 4 nitrogen and oxygen atoms in total. The van der Waals surface area contributed by atoms with Crippen LogP contribution in [0, 0.1) is 11.8 Å². The van der Waals surface area contributed by atoms with Gasteiger partial charge in [-0.2, -0.15) is 0 Å². The van der Waals surface area contributed by atoms with Gasteiger partial charge in [-0.3, -0.25) is 4.90 Å². The number of carbonyl (C=O) groups is 1. The average molecular weight is 291 g/mol. The molecule has 0 bridgehead atoms. The number of esters is 1. The van der Waals surface area contributed by atoms with Gasteiger partial charge in [0.2, 0.25) is 0 Å². The van der Waals surface area contributed by atoms with Crippen LogP contribution in [-0.2, 0) is 4.74 Å². The van der Waals surface area contributed by atoms with Crippen molar-refractivity contribution in [1.82, 2.24) is 4.90 Å². The number of para-hydroxylation sites is 1. The minimum Gasteiger partial charge on any atom is -0.491 e. The number of hydrogen-bond donors (Lipinski definition) is 0. The highest BCUT2D eigenvalue weighted by atomic mass is 16.5. The van der Waals surface area contributed by atoms with Crippen molar-refractivity contribution in [3.63, 3.8) is 0 Å². The zero-order valence-corrected chi connectivity index (χ0v) is 13.2. The summed E-state index contributed by atoms with van der Waals surface area (Å²) in [6.07, 6.45) is 1.31. The molecule has 2 unspecified atom stereocenters. The van der Waals surface area contributed by atoms with E-state index in [9.17, 15) is 4.79 Å². The van der Waals surface area contributed by atoms with E-state index in [0.29, 0.717) is 17.9 Å². The molecule has 1 aliphatic heterocycles. The van der Waals surface area contributed by atoms with Gasteiger partial charge in [0.15, 0.2) is 0 Å². The van der Waals surface area contributed by atoms with E-state index in [-0.39, 0.29) is 5.97 Å². The predicted octanol–water partition coefficient (Wildman–Crippen LogP) is 2.83. The molecule has 1 heterocycles. The summed E-state index contributed by atoms with van der Waals surface area (Å²) in [6.45, 7) is 8.35. The molecule has 0 spiro atoms. The summed E-state index contributed by atoms with van der Waals surface area (Å²) >= 11 is 0. The zero-order chi connectivity index (χ0) is 15.2. The number of carbonyl (C=O) groups excluding carboxylic acids is 1. The largest absolute Gasteiger partial charge is 0.491 e. The first-order valence-electron chi connectivity index (χ1n) is 7.62. The topological polar surface area (TPSA) is 38.8 Å². The molecule has 2 rings (SSSR count). The van der Waals surface area contributed by atoms with Crippen molar-refractivity contribution in [2.45, 2.75) is 20.3 Å². The molecule has 1 aromatic rings. The van der Waals surface area contributed by atoms with Gasteiger partial charge < -0.3 is 9.47 Å². The molecule has 0 N–H and O–H groups in total. The lowest BCUT2D eigenvalue weighted by Crippen LogP contribution is -2.40. The molecule has 0 aliphatic carbocycles. The number of likely N-dealkylation sites (tertiary alicyclic amines) is 1. The van der Waals surface area contributed by atoms with Crippen LogP contribution >= 0.6 is 0 Å². The molecule has 0 amide bonds. The average Bonchev–Trinajstić information content (AvgIpc) is 2.46. The summed E-state index contributed by atoms with van der Waals surface area (Å²) in [5, 5.41) is 0. The van der Waals surface area contributed by atoms with Crippen molar-refractivity contribution in [2.75, 3.05) is 33.4 Å². The fourth-order valence-electron chi connectivity index (χ4n) is 3.13. The number of piperidine rings is 1. The smallest absolute Gasteiger partial charge is 0.341 e. The van der Waals surface area contributed by atoms with Crippen LogP contribution in [-0.4, -0.2) is 44.2 Å². The molecule has 0 saturated carbocycles. The minimum absolute atomic E-state index is 0.356. The summed E-state index contributed by atoms with van der Waals surface area (Å²) in [4.78, 5) is 14.1. The highest BCUT2D eigenvalue weighted by Gasteiger charge is 2.21. The van der Waals surface area contributed by atoms with Crippen molar-refractivity contribution in [3.8, 4) is 5.75 Å². The molecular weight excluding hydrogens is 266 g/mol. The maximum atomic E-state index is 11.7. The lowest BCUT2D eigenvalue weighted by atomic mass is 9.92. The first-order chi connectivity index (χ1) is 10.1. The number of nitrogens with zero attached hydrogens (tertiary/aromatic N) is 1. The summed E-state index contributed by atoms with van der Waals surface area (Å²) in [6, 6.07) is 7.22. The highest BCUT2D eigenvalue weighted by Crippen LogP contribution is 2.21. The van der Waals surface area contributed by atoms with E-state index in [2.05, 4.69) is 18.7 Å². The van der Waals surface area contributed by atoms with E-state index < -0.39 is 0 Å². The van der Waals surface area contributed by atoms with Crippen molar-refractivity contribution < 1.29 is 14.3 Å². The third-order valence-corrected chi connectivity index (χ3v) is 3.90. The molecule has 21 heavy (non-hydrogen) atoms. The third kappa shape index (κ3) is 4.46. The van der Waals surface area contributed by atoms with Gasteiger partial charge in [0.25, 0.3) is 0 Å². The van der Waals surface area contributed by atoms with Crippen LogP contribution in [0.1, 0.15) is 30.6 Å². The van der Waals surface area contributed by atoms with Crippen molar-refractivity contribution >= 4 is 5.97 Å². The van der Waals surface area contributed by atoms with E-state index in [0.717, 1.165) is 31.5 Å². The van der Waals surface area contributed by atoms with Gasteiger partial charge in [-0.05, 0) is 30.4 Å². The molecular formula is C17H25NO3. The van der Waals surface area contributed by atoms with Crippen molar-refractivity contribution in [2.24, 2.45) is 11.8 Å². The summed E-state index contributed by atoms with van der Waals surface area (Å²) < 4.78 is 10.6. The van der Waals surface area contributed by atoms with E-state index in [1.165, 1.54) is 13.5 Å². The third-order valence-electron chi connectivity index (χ3n) is 3.90. The molecule has 1 aromatic carbocycles. The number of rotatable bonds is 5. The standard InChI is InChI=1S/C17H25NO3/c1-13-10-14(2)12-18(11-13)8-9-21-16-7-5-4-6-15(16)17(19)20-3/h4-7,13-14H,8-12H2,1-3H3. The minimum atomic E-state index is -0.356. The SMILES string of the molecule is COC(=O)c1ccccc1OCCN1CC(C)CC(C)C1. The number of methoxy groups -OCH3 is 1.